The molecule has 25 heavy (non-hydrogen) atoms. The Morgan fingerprint density at radius 2 is 1.84 bits per heavy atom. The first-order valence-electron chi connectivity index (χ1n) is 8.51. The number of anilines is 1. The van der Waals surface area contributed by atoms with Crippen molar-refractivity contribution in [1.82, 2.24) is 10.2 Å². The topological polar surface area (TPSA) is 75.4 Å². The lowest BCUT2D eigenvalue weighted by molar-refractivity contribution is -0.131. The highest BCUT2D eigenvalue weighted by atomic mass is 32.1. The van der Waals surface area contributed by atoms with E-state index < -0.39 is 0 Å². The number of carbonyl (C=O) groups excluding carboxylic acids is 2. The zero-order valence-electron chi connectivity index (χ0n) is 14.3. The van der Waals surface area contributed by atoms with Crippen LogP contribution in [0.15, 0.2) is 36.4 Å². The molecule has 0 bridgehead atoms. The van der Waals surface area contributed by atoms with Crippen molar-refractivity contribution in [3.05, 3.63) is 51.7 Å². The summed E-state index contributed by atoms with van der Waals surface area (Å²) >= 11 is 1.51. The summed E-state index contributed by atoms with van der Waals surface area (Å²) < 4.78 is 0. The van der Waals surface area contributed by atoms with Gasteiger partial charge in [-0.15, -0.1) is 11.3 Å². The molecule has 0 unspecified atom stereocenters. The molecule has 0 radical (unpaired) electrons. The van der Waals surface area contributed by atoms with Gasteiger partial charge < -0.3 is 16.0 Å². The van der Waals surface area contributed by atoms with Crippen LogP contribution in [0.5, 0.6) is 0 Å². The third-order valence-corrected chi connectivity index (χ3v) is 5.48. The minimum absolute atomic E-state index is 0.00949. The average molecular weight is 357 g/mol. The highest BCUT2D eigenvalue weighted by molar-refractivity contribution is 7.13. The number of hydrogen-bond acceptors (Lipinski definition) is 4. The summed E-state index contributed by atoms with van der Waals surface area (Å²) in [5, 5.41) is 3.08. The number of hydrogen-bond donors (Lipinski definition) is 2. The largest absolute Gasteiger partial charge is 0.399 e. The lowest BCUT2D eigenvalue weighted by Crippen LogP contribution is -2.46. The molecule has 2 amide bonds. The SMILES string of the molecule is Cc1ccc(C(=O)NC2CCN(C(=O)Cc3ccc(N)cc3)CC2)s1. The molecule has 1 aliphatic heterocycles. The Balaban J connectivity index is 1.47. The Bertz CT molecular complexity index is 746. The van der Waals surface area contributed by atoms with Gasteiger partial charge >= 0.3 is 0 Å². The highest BCUT2D eigenvalue weighted by Crippen LogP contribution is 2.17. The van der Waals surface area contributed by atoms with Crippen LogP contribution in [0.3, 0.4) is 0 Å². The van der Waals surface area contributed by atoms with Crippen LogP contribution in [0.1, 0.15) is 33.0 Å². The maximum Gasteiger partial charge on any atom is 0.261 e. The van der Waals surface area contributed by atoms with E-state index in [0.29, 0.717) is 25.2 Å². The normalized spacial score (nSPS) is 15.2. The summed E-state index contributed by atoms with van der Waals surface area (Å²) in [6.45, 7) is 3.36. The average Bonchev–Trinajstić information content (AvgIpc) is 3.04. The van der Waals surface area contributed by atoms with Crippen molar-refractivity contribution < 1.29 is 9.59 Å². The van der Waals surface area contributed by atoms with Crippen LogP contribution >= 0.6 is 11.3 Å². The zero-order chi connectivity index (χ0) is 17.8. The maximum absolute atomic E-state index is 12.4. The standard InChI is InChI=1S/C19H23N3O2S/c1-13-2-7-17(25-13)19(24)21-16-8-10-22(11-9-16)18(23)12-14-3-5-15(20)6-4-14/h2-7,16H,8-12,20H2,1H3,(H,21,24). The molecular formula is C19H23N3O2S. The number of nitrogen functional groups attached to an aromatic ring is 1. The number of likely N-dealkylation sites (tertiary alicyclic amines) is 1. The van der Waals surface area contributed by atoms with Crippen molar-refractivity contribution in [2.45, 2.75) is 32.2 Å². The van der Waals surface area contributed by atoms with Crippen LogP contribution in [-0.4, -0.2) is 35.8 Å². The number of thiophene rings is 1. The van der Waals surface area contributed by atoms with E-state index in [1.807, 2.05) is 48.2 Å². The Labute approximate surface area is 151 Å². The van der Waals surface area contributed by atoms with E-state index in [1.165, 1.54) is 11.3 Å². The summed E-state index contributed by atoms with van der Waals surface area (Å²) in [5.41, 5.74) is 7.35. The van der Waals surface area contributed by atoms with Gasteiger partial charge in [0.15, 0.2) is 0 Å². The first-order chi connectivity index (χ1) is 12.0. The van der Waals surface area contributed by atoms with E-state index in [2.05, 4.69) is 5.32 Å². The highest BCUT2D eigenvalue weighted by Gasteiger charge is 2.24. The predicted octanol–water partition coefficient (Wildman–Crippen LogP) is 2.60. The number of aryl methyl sites for hydroxylation is 1. The molecule has 1 aromatic carbocycles. The van der Waals surface area contributed by atoms with Gasteiger partial charge in [-0.25, -0.2) is 0 Å². The van der Waals surface area contributed by atoms with E-state index in [-0.39, 0.29) is 17.9 Å². The fourth-order valence-corrected chi connectivity index (χ4v) is 3.78. The number of nitrogens with two attached hydrogens (primary N) is 1. The molecule has 1 saturated heterocycles. The first kappa shape index (κ1) is 17.5. The van der Waals surface area contributed by atoms with Crippen molar-refractivity contribution in [2.24, 2.45) is 0 Å². The van der Waals surface area contributed by atoms with Crippen molar-refractivity contribution >= 4 is 28.8 Å². The molecule has 3 rings (SSSR count). The molecule has 2 heterocycles. The molecule has 0 spiro atoms. The Morgan fingerprint density at radius 3 is 2.44 bits per heavy atom. The predicted molar refractivity (Wildman–Crippen MR) is 101 cm³/mol. The van der Waals surface area contributed by atoms with Gasteiger partial charge in [0.1, 0.15) is 0 Å². The second kappa shape index (κ2) is 7.70. The van der Waals surface area contributed by atoms with Gasteiger partial charge in [0.2, 0.25) is 5.91 Å². The van der Waals surface area contributed by atoms with Crippen LogP contribution < -0.4 is 11.1 Å². The van der Waals surface area contributed by atoms with Gasteiger partial charge in [-0.1, -0.05) is 12.1 Å². The summed E-state index contributed by atoms with van der Waals surface area (Å²) in [6, 6.07) is 11.4. The molecule has 3 N–H and O–H groups in total. The number of piperidine rings is 1. The van der Waals surface area contributed by atoms with Gasteiger partial charge in [0.05, 0.1) is 11.3 Å². The van der Waals surface area contributed by atoms with Crippen molar-refractivity contribution in [3.8, 4) is 0 Å². The van der Waals surface area contributed by atoms with Gasteiger partial charge in [-0.3, -0.25) is 9.59 Å². The van der Waals surface area contributed by atoms with E-state index in [4.69, 9.17) is 5.73 Å². The third kappa shape index (κ3) is 4.60. The molecule has 132 valence electrons. The molecule has 0 aliphatic carbocycles. The van der Waals surface area contributed by atoms with E-state index >= 15 is 0 Å². The van der Waals surface area contributed by atoms with Crippen molar-refractivity contribution in [2.75, 3.05) is 18.8 Å². The maximum atomic E-state index is 12.4. The number of carbonyl (C=O) groups is 2. The molecule has 1 aliphatic rings. The molecule has 1 aromatic heterocycles. The van der Waals surface area contributed by atoms with Crippen LogP contribution in [0, 0.1) is 6.92 Å². The van der Waals surface area contributed by atoms with Crippen LogP contribution in [0.2, 0.25) is 0 Å². The van der Waals surface area contributed by atoms with Crippen molar-refractivity contribution in [1.29, 1.82) is 0 Å². The number of amides is 2. The van der Waals surface area contributed by atoms with Crippen LogP contribution in [-0.2, 0) is 11.2 Å². The molecule has 0 saturated carbocycles. The number of nitrogens with zero attached hydrogens (tertiary/aromatic N) is 1. The minimum atomic E-state index is -0.00949. The molecule has 2 aromatic rings. The van der Waals surface area contributed by atoms with Gasteiger partial charge in [-0.05, 0) is 49.6 Å². The number of benzene rings is 1. The Morgan fingerprint density at radius 1 is 1.16 bits per heavy atom. The zero-order valence-corrected chi connectivity index (χ0v) is 15.1. The lowest BCUT2D eigenvalue weighted by atomic mass is 10.0. The Hall–Kier alpha value is -2.34. The van der Waals surface area contributed by atoms with E-state index in [0.717, 1.165) is 28.2 Å². The second-order valence-electron chi connectivity index (χ2n) is 6.46. The number of rotatable bonds is 4. The lowest BCUT2D eigenvalue weighted by Gasteiger charge is -2.32. The molecular weight excluding hydrogens is 334 g/mol. The molecule has 1 fully saturated rings. The Kier molecular flexibility index (Phi) is 5.38. The smallest absolute Gasteiger partial charge is 0.261 e. The van der Waals surface area contributed by atoms with Crippen LogP contribution in [0.4, 0.5) is 5.69 Å². The summed E-state index contributed by atoms with van der Waals surface area (Å²) in [7, 11) is 0. The van der Waals surface area contributed by atoms with Crippen molar-refractivity contribution in [3.63, 3.8) is 0 Å². The van der Waals surface area contributed by atoms with Crippen LogP contribution in [0.25, 0.3) is 0 Å². The molecule has 6 heteroatoms. The molecule has 5 nitrogen and oxygen atoms in total. The van der Waals surface area contributed by atoms with E-state index in [9.17, 15) is 9.59 Å². The second-order valence-corrected chi connectivity index (χ2v) is 7.75. The fraction of sp³-hybridized carbons (Fsp3) is 0.368. The molecule has 0 atom stereocenters. The summed E-state index contributed by atoms with van der Waals surface area (Å²) in [4.78, 5) is 28.4. The monoisotopic (exact) mass is 357 g/mol. The third-order valence-electron chi connectivity index (χ3n) is 4.48. The van der Waals surface area contributed by atoms with Gasteiger partial charge in [0, 0.05) is 29.7 Å². The number of nitrogens with one attached hydrogen (secondary N) is 1. The van der Waals surface area contributed by atoms with Gasteiger partial charge in [-0.2, -0.15) is 0 Å². The summed E-state index contributed by atoms with van der Waals surface area (Å²) in [6.07, 6.45) is 1.99. The first-order valence-corrected chi connectivity index (χ1v) is 9.32. The van der Waals surface area contributed by atoms with E-state index in [1.54, 1.807) is 0 Å². The quantitative estimate of drug-likeness (QED) is 0.826. The van der Waals surface area contributed by atoms with Gasteiger partial charge in [0.25, 0.3) is 5.91 Å². The fourth-order valence-electron chi connectivity index (χ4n) is 3.01. The summed E-state index contributed by atoms with van der Waals surface area (Å²) in [5.74, 6) is 0.119. The minimum Gasteiger partial charge on any atom is -0.399 e.